The Labute approximate surface area is 122 Å². The molecule has 0 aliphatic rings. The second kappa shape index (κ2) is 5.19. The summed E-state index contributed by atoms with van der Waals surface area (Å²) in [5.74, 6) is 0. The highest BCUT2D eigenvalue weighted by atomic mass is 35.5. The molecule has 4 heteroatoms. The Morgan fingerprint density at radius 3 is 2.60 bits per heavy atom. The van der Waals surface area contributed by atoms with Gasteiger partial charge in [0.05, 0.1) is 29.0 Å². The number of nitrogens with two attached hydrogens (primary N) is 1. The zero-order chi connectivity index (χ0) is 14.1. The zero-order valence-corrected chi connectivity index (χ0v) is 11.8. The molecule has 3 rings (SSSR count). The first kappa shape index (κ1) is 13.0. The van der Waals surface area contributed by atoms with Crippen LogP contribution in [0.3, 0.4) is 0 Å². The van der Waals surface area contributed by atoms with Gasteiger partial charge in [0.15, 0.2) is 0 Å². The normalized spacial score (nSPS) is 12.6. The number of fused-ring (bicyclic) bond motifs is 1. The Morgan fingerprint density at radius 1 is 1.10 bits per heavy atom. The maximum atomic E-state index is 6.27. The lowest BCUT2D eigenvalue weighted by atomic mass is 10.0. The molecule has 0 aliphatic carbocycles. The molecule has 2 aromatic carbocycles. The Kier molecular flexibility index (Phi) is 3.38. The highest BCUT2D eigenvalue weighted by molar-refractivity contribution is 6.31. The molecule has 0 amide bonds. The zero-order valence-electron chi connectivity index (χ0n) is 11.0. The van der Waals surface area contributed by atoms with Gasteiger partial charge in [-0.1, -0.05) is 35.9 Å². The SMILES string of the molecule is Cc1ccc(C(N)c2cnc3ccccc3n2)cc1Cl. The summed E-state index contributed by atoms with van der Waals surface area (Å²) in [7, 11) is 0. The van der Waals surface area contributed by atoms with Crippen molar-refractivity contribution in [2.75, 3.05) is 0 Å². The van der Waals surface area contributed by atoms with E-state index < -0.39 is 0 Å². The lowest BCUT2D eigenvalue weighted by Gasteiger charge is -2.13. The molecular weight excluding hydrogens is 270 g/mol. The van der Waals surface area contributed by atoms with Crippen LogP contribution in [0.25, 0.3) is 11.0 Å². The van der Waals surface area contributed by atoms with Gasteiger partial charge in [-0.3, -0.25) is 4.98 Å². The molecule has 100 valence electrons. The largest absolute Gasteiger partial charge is 0.319 e. The average Bonchev–Trinajstić information content (AvgIpc) is 2.49. The quantitative estimate of drug-likeness (QED) is 0.781. The van der Waals surface area contributed by atoms with E-state index in [4.69, 9.17) is 17.3 Å². The molecule has 1 unspecified atom stereocenters. The van der Waals surface area contributed by atoms with E-state index in [9.17, 15) is 0 Å². The van der Waals surface area contributed by atoms with Crippen molar-refractivity contribution in [1.82, 2.24) is 9.97 Å². The van der Waals surface area contributed by atoms with Gasteiger partial charge in [0.1, 0.15) is 0 Å². The average molecular weight is 284 g/mol. The van der Waals surface area contributed by atoms with Gasteiger partial charge in [-0.05, 0) is 36.2 Å². The summed E-state index contributed by atoms with van der Waals surface area (Å²) < 4.78 is 0. The minimum absolute atomic E-state index is 0.329. The van der Waals surface area contributed by atoms with Crippen LogP contribution in [-0.4, -0.2) is 9.97 Å². The first-order valence-corrected chi connectivity index (χ1v) is 6.76. The van der Waals surface area contributed by atoms with E-state index in [0.29, 0.717) is 5.02 Å². The summed E-state index contributed by atoms with van der Waals surface area (Å²) in [5, 5.41) is 0.715. The first-order chi connectivity index (χ1) is 9.65. The fourth-order valence-corrected chi connectivity index (χ4v) is 2.28. The molecule has 3 nitrogen and oxygen atoms in total. The van der Waals surface area contributed by atoms with Gasteiger partial charge in [0.2, 0.25) is 0 Å². The lowest BCUT2D eigenvalue weighted by Crippen LogP contribution is -2.14. The smallest absolute Gasteiger partial charge is 0.0890 e. The van der Waals surface area contributed by atoms with Crippen molar-refractivity contribution in [3.05, 3.63) is 70.5 Å². The molecule has 0 fully saturated rings. The topological polar surface area (TPSA) is 51.8 Å². The number of aromatic nitrogens is 2. The molecule has 0 radical (unpaired) electrons. The molecule has 0 aliphatic heterocycles. The van der Waals surface area contributed by atoms with E-state index in [1.807, 2.05) is 49.4 Å². The molecule has 1 heterocycles. The molecule has 1 atom stereocenters. The van der Waals surface area contributed by atoms with Crippen LogP contribution in [0.15, 0.2) is 48.7 Å². The Bertz CT molecular complexity index is 771. The third-order valence-corrected chi connectivity index (χ3v) is 3.75. The minimum Gasteiger partial charge on any atom is -0.319 e. The second-order valence-electron chi connectivity index (χ2n) is 4.77. The molecular formula is C16H14ClN3. The molecule has 1 aromatic heterocycles. The predicted octanol–water partition coefficient (Wildman–Crippen LogP) is 3.64. The number of aryl methyl sites for hydroxylation is 1. The van der Waals surface area contributed by atoms with Crippen molar-refractivity contribution in [3.8, 4) is 0 Å². The van der Waals surface area contributed by atoms with Crippen LogP contribution >= 0.6 is 11.6 Å². The van der Waals surface area contributed by atoms with E-state index in [-0.39, 0.29) is 6.04 Å². The number of rotatable bonds is 2. The van der Waals surface area contributed by atoms with Gasteiger partial charge >= 0.3 is 0 Å². The van der Waals surface area contributed by atoms with E-state index in [2.05, 4.69) is 9.97 Å². The standard InChI is InChI=1S/C16H14ClN3/c1-10-6-7-11(8-12(10)17)16(18)15-9-19-13-4-2-3-5-14(13)20-15/h2-9,16H,18H2,1H3. The van der Waals surface area contributed by atoms with Crippen molar-refractivity contribution in [2.24, 2.45) is 5.73 Å². The number of hydrogen-bond acceptors (Lipinski definition) is 3. The van der Waals surface area contributed by atoms with Crippen molar-refractivity contribution >= 4 is 22.6 Å². The first-order valence-electron chi connectivity index (χ1n) is 6.38. The number of hydrogen-bond donors (Lipinski definition) is 1. The van der Waals surface area contributed by atoms with E-state index in [1.165, 1.54) is 0 Å². The van der Waals surface area contributed by atoms with Crippen molar-refractivity contribution < 1.29 is 0 Å². The monoisotopic (exact) mass is 283 g/mol. The van der Waals surface area contributed by atoms with Crippen molar-refractivity contribution in [1.29, 1.82) is 0 Å². The summed E-state index contributed by atoms with van der Waals surface area (Å²) in [4.78, 5) is 8.97. The lowest BCUT2D eigenvalue weighted by molar-refractivity contribution is 0.827. The van der Waals surface area contributed by atoms with Crippen LogP contribution in [0.1, 0.15) is 22.9 Å². The molecule has 20 heavy (non-hydrogen) atoms. The van der Waals surface area contributed by atoms with Gasteiger partial charge in [-0.25, -0.2) is 4.98 Å². The van der Waals surface area contributed by atoms with Gasteiger partial charge in [0.25, 0.3) is 0 Å². The number of nitrogens with zero attached hydrogens (tertiary/aromatic N) is 2. The van der Waals surface area contributed by atoms with Gasteiger partial charge in [-0.15, -0.1) is 0 Å². The number of benzene rings is 2. The van der Waals surface area contributed by atoms with Crippen LogP contribution < -0.4 is 5.73 Å². The maximum absolute atomic E-state index is 6.27. The Morgan fingerprint density at radius 2 is 1.85 bits per heavy atom. The number of para-hydroxylation sites is 2. The van der Waals surface area contributed by atoms with Gasteiger partial charge < -0.3 is 5.73 Å². The summed E-state index contributed by atoms with van der Waals surface area (Å²) >= 11 is 6.15. The van der Waals surface area contributed by atoms with E-state index >= 15 is 0 Å². The van der Waals surface area contributed by atoms with E-state index in [0.717, 1.165) is 27.9 Å². The van der Waals surface area contributed by atoms with Gasteiger partial charge in [-0.2, -0.15) is 0 Å². The molecule has 0 saturated heterocycles. The van der Waals surface area contributed by atoms with Crippen LogP contribution in [-0.2, 0) is 0 Å². The fourth-order valence-electron chi connectivity index (χ4n) is 2.09. The Hall–Kier alpha value is -1.97. The fraction of sp³-hybridized carbons (Fsp3) is 0.125. The van der Waals surface area contributed by atoms with Crippen molar-refractivity contribution in [2.45, 2.75) is 13.0 Å². The highest BCUT2D eigenvalue weighted by Gasteiger charge is 2.12. The third kappa shape index (κ3) is 2.38. The summed E-state index contributed by atoms with van der Waals surface area (Å²) in [5.41, 5.74) is 10.7. The Balaban J connectivity index is 2.02. The summed E-state index contributed by atoms with van der Waals surface area (Å²) in [6.45, 7) is 1.97. The van der Waals surface area contributed by atoms with Crippen LogP contribution in [0.4, 0.5) is 0 Å². The van der Waals surface area contributed by atoms with E-state index in [1.54, 1.807) is 6.20 Å². The maximum Gasteiger partial charge on any atom is 0.0890 e. The summed E-state index contributed by atoms with van der Waals surface area (Å²) in [6.07, 6.45) is 1.72. The molecule has 3 aromatic rings. The summed E-state index contributed by atoms with van der Waals surface area (Å²) in [6, 6.07) is 13.2. The predicted molar refractivity (Wildman–Crippen MR) is 81.8 cm³/mol. The third-order valence-electron chi connectivity index (χ3n) is 3.34. The van der Waals surface area contributed by atoms with Gasteiger partial charge in [0, 0.05) is 5.02 Å². The molecule has 0 saturated carbocycles. The van der Waals surface area contributed by atoms with Crippen LogP contribution in [0.5, 0.6) is 0 Å². The van der Waals surface area contributed by atoms with Crippen LogP contribution in [0.2, 0.25) is 5.02 Å². The molecule has 0 bridgehead atoms. The van der Waals surface area contributed by atoms with Crippen molar-refractivity contribution in [3.63, 3.8) is 0 Å². The van der Waals surface area contributed by atoms with Crippen LogP contribution in [0, 0.1) is 6.92 Å². The number of halogens is 1. The molecule has 0 spiro atoms. The second-order valence-corrected chi connectivity index (χ2v) is 5.18. The molecule has 2 N–H and O–H groups in total. The highest BCUT2D eigenvalue weighted by Crippen LogP contribution is 2.24. The minimum atomic E-state index is -0.329.